The van der Waals surface area contributed by atoms with Gasteiger partial charge in [-0.3, -0.25) is 0 Å². The highest BCUT2D eigenvalue weighted by Crippen LogP contribution is 2.08. The van der Waals surface area contributed by atoms with Gasteiger partial charge in [0.05, 0.1) is 12.7 Å². The summed E-state index contributed by atoms with van der Waals surface area (Å²) in [6.07, 6.45) is 2.81. The standard InChI is InChI=1S/C11H21ClN4/c1-9(5-6-15(2)3)13-8-11-14-7-10(12)16(11)4/h7,9,13H,5-6,8H2,1-4H3. The number of aromatic nitrogens is 2. The molecule has 0 fully saturated rings. The van der Waals surface area contributed by atoms with Gasteiger partial charge in [-0.05, 0) is 34.0 Å². The van der Waals surface area contributed by atoms with Gasteiger partial charge in [-0.2, -0.15) is 0 Å². The number of rotatable bonds is 6. The Kier molecular flexibility index (Phi) is 5.25. The highest BCUT2D eigenvalue weighted by atomic mass is 35.5. The number of hydrogen-bond donors (Lipinski definition) is 1. The third kappa shape index (κ3) is 4.12. The molecule has 0 saturated carbocycles. The first-order valence-corrected chi connectivity index (χ1v) is 5.92. The molecule has 0 amide bonds. The molecule has 0 bridgehead atoms. The van der Waals surface area contributed by atoms with E-state index in [1.807, 2.05) is 11.6 Å². The Morgan fingerprint density at radius 1 is 1.56 bits per heavy atom. The van der Waals surface area contributed by atoms with E-state index in [9.17, 15) is 0 Å². The zero-order chi connectivity index (χ0) is 12.1. The lowest BCUT2D eigenvalue weighted by Crippen LogP contribution is -2.30. The van der Waals surface area contributed by atoms with Gasteiger partial charge in [-0.1, -0.05) is 11.6 Å². The zero-order valence-corrected chi connectivity index (χ0v) is 11.3. The monoisotopic (exact) mass is 244 g/mol. The van der Waals surface area contributed by atoms with Crippen LogP contribution < -0.4 is 5.32 Å². The van der Waals surface area contributed by atoms with Crippen LogP contribution in [0.1, 0.15) is 19.2 Å². The third-order valence-electron chi connectivity index (χ3n) is 2.65. The molecule has 0 aliphatic rings. The average molecular weight is 245 g/mol. The van der Waals surface area contributed by atoms with Crippen molar-refractivity contribution in [3.8, 4) is 0 Å². The first-order chi connectivity index (χ1) is 7.50. The van der Waals surface area contributed by atoms with Crippen LogP contribution in [0.4, 0.5) is 0 Å². The molecule has 1 aromatic heterocycles. The fraction of sp³-hybridized carbons (Fsp3) is 0.727. The lowest BCUT2D eigenvalue weighted by atomic mass is 10.2. The molecular weight excluding hydrogens is 224 g/mol. The number of imidazole rings is 1. The summed E-state index contributed by atoms with van der Waals surface area (Å²) in [5.41, 5.74) is 0. The van der Waals surface area contributed by atoms with Gasteiger partial charge in [0.2, 0.25) is 0 Å². The summed E-state index contributed by atoms with van der Waals surface area (Å²) in [5.74, 6) is 0.974. The van der Waals surface area contributed by atoms with Crippen LogP contribution >= 0.6 is 11.6 Å². The van der Waals surface area contributed by atoms with E-state index >= 15 is 0 Å². The van der Waals surface area contributed by atoms with Crippen LogP contribution in [-0.4, -0.2) is 41.1 Å². The maximum Gasteiger partial charge on any atom is 0.128 e. The summed E-state index contributed by atoms with van der Waals surface area (Å²) < 4.78 is 1.90. The van der Waals surface area contributed by atoms with Crippen LogP contribution in [0.5, 0.6) is 0 Å². The lowest BCUT2D eigenvalue weighted by Gasteiger charge is -2.16. The van der Waals surface area contributed by atoms with E-state index in [1.165, 1.54) is 0 Å². The van der Waals surface area contributed by atoms with Crippen LogP contribution in [0.2, 0.25) is 5.15 Å². The van der Waals surface area contributed by atoms with E-state index in [0.717, 1.165) is 25.3 Å². The lowest BCUT2D eigenvalue weighted by molar-refractivity contribution is 0.364. The molecule has 1 rings (SSSR count). The van der Waals surface area contributed by atoms with Gasteiger partial charge in [0, 0.05) is 13.1 Å². The molecule has 1 heterocycles. The van der Waals surface area contributed by atoms with E-state index in [-0.39, 0.29) is 0 Å². The Balaban J connectivity index is 2.31. The van der Waals surface area contributed by atoms with Crippen molar-refractivity contribution in [3.05, 3.63) is 17.2 Å². The van der Waals surface area contributed by atoms with Crippen molar-refractivity contribution in [3.63, 3.8) is 0 Å². The van der Waals surface area contributed by atoms with E-state index < -0.39 is 0 Å². The maximum atomic E-state index is 5.91. The van der Waals surface area contributed by atoms with Crippen LogP contribution in [0.25, 0.3) is 0 Å². The molecule has 1 atom stereocenters. The highest BCUT2D eigenvalue weighted by Gasteiger charge is 2.06. The quantitative estimate of drug-likeness (QED) is 0.824. The Bertz CT molecular complexity index is 322. The molecule has 16 heavy (non-hydrogen) atoms. The van der Waals surface area contributed by atoms with E-state index in [1.54, 1.807) is 6.20 Å². The minimum Gasteiger partial charge on any atom is -0.321 e. The zero-order valence-electron chi connectivity index (χ0n) is 10.5. The molecule has 1 unspecified atom stereocenters. The summed E-state index contributed by atoms with van der Waals surface area (Å²) >= 11 is 5.91. The molecular formula is C11H21ClN4. The van der Waals surface area contributed by atoms with Crippen LogP contribution in [-0.2, 0) is 13.6 Å². The van der Waals surface area contributed by atoms with Gasteiger partial charge in [0.15, 0.2) is 0 Å². The largest absolute Gasteiger partial charge is 0.321 e. The van der Waals surface area contributed by atoms with Crippen molar-refractivity contribution in [2.75, 3.05) is 20.6 Å². The van der Waals surface area contributed by atoms with Crippen molar-refractivity contribution < 1.29 is 0 Å². The summed E-state index contributed by atoms with van der Waals surface area (Å²) in [6, 6.07) is 0.484. The Morgan fingerprint density at radius 3 is 2.75 bits per heavy atom. The summed E-state index contributed by atoms with van der Waals surface area (Å²) in [7, 11) is 6.10. The van der Waals surface area contributed by atoms with Crippen molar-refractivity contribution in [1.29, 1.82) is 0 Å². The predicted octanol–water partition coefficient (Wildman–Crippen LogP) is 1.50. The number of hydrogen-bond acceptors (Lipinski definition) is 3. The first-order valence-electron chi connectivity index (χ1n) is 5.55. The molecule has 0 radical (unpaired) electrons. The second-order valence-corrected chi connectivity index (χ2v) is 4.82. The van der Waals surface area contributed by atoms with Gasteiger partial charge in [-0.15, -0.1) is 0 Å². The molecule has 1 N–H and O–H groups in total. The Labute approximate surface area is 103 Å². The van der Waals surface area contributed by atoms with Crippen molar-refractivity contribution >= 4 is 11.6 Å². The Hall–Kier alpha value is -0.580. The smallest absolute Gasteiger partial charge is 0.128 e. The minimum absolute atomic E-state index is 0.484. The van der Waals surface area contributed by atoms with Gasteiger partial charge >= 0.3 is 0 Å². The van der Waals surface area contributed by atoms with Crippen LogP contribution in [0.15, 0.2) is 6.20 Å². The first kappa shape index (κ1) is 13.5. The fourth-order valence-corrected chi connectivity index (χ4v) is 1.55. The molecule has 0 spiro atoms. The van der Waals surface area contributed by atoms with Crippen LogP contribution in [0, 0.1) is 0 Å². The molecule has 0 aromatic carbocycles. The second-order valence-electron chi connectivity index (χ2n) is 4.43. The second kappa shape index (κ2) is 6.23. The predicted molar refractivity (Wildman–Crippen MR) is 67.7 cm³/mol. The van der Waals surface area contributed by atoms with Crippen molar-refractivity contribution in [2.45, 2.75) is 25.9 Å². The Morgan fingerprint density at radius 2 is 2.25 bits per heavy atom. The van der Waals surface area contributed by atoms with E-state index in [0.29, 0.717) is 11.2 Å². The van der Waals surface area contributed by atoms with Crippen LogP contribution in [0.3, 0.4) is 0 Å². The van der Waals surface area contributed by atoms with Gasteiger partial charge in [0.25, 0.3) is 0 Å². The minimum atomic E-state index is 0.484. The van der Waals surface area contributed by atoms with Gasteiger partial charge in [-0.25, -0.2) is 4.98 Å². The summed E-state index contributed by atoms with van der Waals surface area (Å²) in [6.45, 7) is 4.04. The normalized spacial score (nSPS) is 13.4. The van der Waals surface area contributed by atoms with Gasteiger partial charge < -0.3 is 14.8 Å². The fourth-order valence-electron chi connectivity index (χ4n) is 1.41. The van der Waals surface area contributed by atoms with E-state index in [2.05, 4.69) is 36.2 Å². The highest BCUT2D eigenvalue weighted by molar-refractivity contribution is 6.29. The van der Waals surface area contributed by atoms with Gasteiger partial charge in [0.1, 0.15) is 11.0 Å². The average Bonchev–Trinajstić information content (AvgIpc) is 2.54. The molecule has 0 aliphatic heterocycles. The number of halogens is 1. The molecule has 4 nitrogen and oxygen atoms in total. The number of nitrogens with one attached hydrogen (secondary N) is 1. The summed E-state index contributed by atoms with van der Waals surface area (Å²) in [5, 5.41) is 4.12. The van der Waals surface area contributed by atoms with E-state index in [4.69, 9.17) is 11.6 Å². The topological polar surface area (TPSA) is 33.1 Å². The molecule has 0 saturated heterocycles. The number of nitrogens with zero attached hydrogens (tertiary/aromatic N) is 3. The molecule has 1 aromatic rings. The molecule has 0 aliphatic carbocycles. The summed E-state index contributed by atoms with van der Waals surface area (Å²) in [4.78, 5) is 6.43. The SMILES string of the molecule is CC(CCN(C)C)NCc1ncc(Cl)n1C. The molecule has 92 valence electrons. The molecule has 5 heteroatoms. The van der Waals surface area contributed by atoms with Crippen molar-refractivity contribution in [1.82, 2.24) is 19.8 Å². The maximum absolute atomic E-state index is 5.91. The van der Waals surface area contributed by atoms with Crippen molar-refractivity contribution in [2.24, 2.45) is 7.05 Å². The third-order valence-corrected chi connectivity index (χ3v) is 3.00.